The van der Waals surface area contributed by atoms with Gasteiger partial charge in [0, 0.05) is 12.5 Å². The van der Waals surface area contributed by atoms with Gasteiger partial charge in [-0.15, -0.1) is 0 Å². The van der Waals surface area contributed by atoms with Crippen molar-refractivity contribution in [2.45, 2.75) is 25.7 Å². The number of amides is 2. The second-order valence-electron chi connectivity index (χ2n) is 3.58. The van der Waals surface area contributed by atoms with Gasteiger partial charge in [0.05, 0.1) is 12.4 Å². The number of hydrogen-bond donors (Lipinski definition) is 3. The Labute approximate surface area is 83.9 Å². The highest BCUT2D eigenvalue weighted by molar-refractivity contribution is 5.83. The predicted octanol–water partition coefficient (Wildman–Crippen LogP) is 0.202. The molecule has 0 bridgehead atoms. The van der Waals surface area contributed by atoms with Gasteiger partial charge in [0.15, 0.2) is 0 Å². The first-order chi connectivity index (χ1) is 6.70. The summed E-state index contributed by atoms with van der Waals surface area (Å²) in [5.74, 6) is 1.19. The summed E-state index contributed by atoms with van der Waals surface area (Å²) in [4.78, 5) is 14.5. The summed E-state index contributed by atoms with van der Waals surface area (Å²) in [7, 11) is 0. The lowest BCUT2D eigenvalue weighted by molar-refractivity contribution is 0.249. The minimum atomic E-state index is -0.514. The number of urea groups is 1. The number of amidine groups is 1. The van der Waals surface area contributed by atoms with Crippen LogP contribution in [0.25, 0.3) is 0 Å². The molecule has 1 saturated carbocycles. The summed E-state index contributed by atoms with van der Waals surface area (Å²) in [6.07, 6.45) is 4.80. The Balaban J connectivity index is 2.18. The van der Waals surface area contributed by atoms with Crippen LogP contribution in [0, 0.1) is 5.92 Å². The lowest BCUT2D eigenvalue weighted by Crippen LogP contribution is -2.32. The van der Waals surface area contributed by atoms with E-state index in [1.54, 1.807) is 0 Å². The highest BCUT2D eigenvalue weighted by Crippen LogP contribution is 2.24. The van der Waals surface area contributed by atoms with Gasteiger partial charge in [-0.25, -0.2) is 4.79 Å². The Kier molecular flexibility index (Phi) is 4.22. The lowest BCUT2D eigenvalue weighted by atomic mass is 10.1. The molecule has 14 heavy (non-hydrogen) atoms. The van der Waals surface area contributed by atoms with Crippen LogP contribution < -0.4 is 16.8 Å². The van der Waals surface area contributed by atoms with E-state index in [-0.39, 0.29) is 0 Å². The molecule has 1 rings (SSSR count). The topological polar surface area (TPSA) is 93.5 Å². The summed E-state index contributed by atoms with van der Waals surface area (Å²) in [5.41, 5.74) is 10.7. The fourth-order valence-electron chi connectivity index (χ4n) is 1.71. The molecule has 5 N–H and O–H groups in total. The van der Waals surface area contributed by atoms with Crippen LogP contribution >= 0.6 is 0 Å². The number of aliphatic imine (C=N–C) groups is 1. The lowest BCUT2D eigenvalue weighted by Gasteiger charge is -2.07. The van der Waals surface area contributed by atoms with Crippen LogP contribution in [-0.2, 0) is 0 Å². The smallest absolute Gasteiger partial charge is 0.312 e. The average molecular weight is 198 g/mol. The number of carbonyl (C=O) groups excluding carboxylic acids is 1. The number of nitrogens with zero attached hydrogens (tertiary/aromatic N) is 1. The standard InChI is InChI=1S/C9H18N4O/c10-8(7-3-1-2-4-7)12-5-6-13-9(11)14/h7H,1-6H2,(H2,10,12)(H3,11,13,14). The maximum atomic E-state index is 10.3. The molecule has 1 aliphatic carbocycles. The maximum Gasteiger partial charge on any atom is 0.312 e. The molecule has 0 heterocycles. The summed E-state index contributed by atoms with van der Waals surface area (Å²) in [5, 5.41) is 2.47. The molecule has 0 aromatic heterocycles. The van der Waals surface area contributed by atoms with Crippen LogP contribution in [0.15, 0.2) is 4.99 Å². The van der Waals surface area contributed by atoms with E-state index in [0.29, 0.717) is 19.0 Å². The Hall–Kier alpha value is -1.26. The number of primary amides is 1. The summed E-state index contributed by atoms with van der Waals surface area (Å²) in [6, 6.07) is -0.514. The molecule has 0 aromatic carbocycles. The van der Waals surface area contributed by atoms with Crippen LogP contribution in [0.3, 0.4) is 0 Å². The monoisotopic (exact) mass is 198 g/mol. The van der Waals surface area contributed by atoms with Crippen molar-refractivity contribution in [1.29, 1.82) is 0 Å². The van der Waals surface area contributed by atoms with E-state index in [1.807, 2.05) is 0 Å². The van der Waals surface area contributed by atoms with Crippen LogP contribution in [0.4, 0.5) is 4.79 Å². The summed E-state index contributed by atoms with van der Waals surface area (Å²) < 4.78 is 0. The quantitative estimate of drug-likeness (QED) is 0.342. The fourth-order valence-corrected chi connectivity index (χ4v) is 1.71. The minimum Gasteiger partial charge on any atom is -0.387 e. The van der Waals surface area contributed by atoms with Crippen molar-refractivity contribution in [2.24, 2.45) is 22.4 Å². The number of rotatable bonds is 4. The molecule has 5 heteroatoms. The zero-order chi connectivity index (χ0) is 10.4. The van der Waals surface area contributed by atoms with Gasteiger partial charge in [-0.05, 0) is 12.8 Å². The molecule has 2 amide bonds. The zero-order valence-electron chi connectivity index (χ0n) is 8.33. The van der Waals surface area contributed by atoms with Crippen molar-refractivity contribution in [3.05, 3.63) is 0 Å². The van der Waals surface area contributed by atoms with E-state index in [9.17, 15) is 4.79 Å². The van der Waals surface area contributed by atoms with Gasteiger partial charge in [-0.3, -0.25) is 4.99 Å². The SMILES string of the molecule is NC(=O)NCCN=C(N)C1CCCC1. The Morgan fingerprint density at radius 3 is 2.57 bits per heavy atom. The summed E-state index contributed by atoms with van der Waals surface area (Å²) in [6.45, 7) is 0.980. The number of nitrogens with one attached hydrogen (secondary N) is 1. The Bertz CT molecular complexity index is 221. The molecular weight excluding hydrogens is 180 g/mol. The van der Waals surface area contributed by atoms with Gasteiger partial charge < -0.3 is 16.8 Å². The minimum absolute atomic E-state index is 0.461. The predicted molar refractivity (Wildman–Crippen MR) is 56.0 cm³/mol. The second-order valence-corrected chi connectivity index (χ2v) is 3.58. The molecule has 0 aromatic rings. The molecule has 5 nitrogen and oxygen atoms in total. The number of carbonyl (C=O) groups is 1. The Morgan fingerprint density at radius 2 is 2.00 bits per heavy atom. The van der Waals surface area contributed by atoms with Crippen molar-refractivity contribution in [3.63, 3.8) is 0 Å². The molecule has 80 valence electrons. The molecule has 0 unspecified atom stereocenters. The fraction of sp³-hybridized carbons (Fsp3) is 0.778. The molecule has 0 aliphatic heterocycles. The highest BCUT2D eigenvalue weighted by atomic mass is 16.2. The highest BCUT2D eigenvalue weighted by Gasteiger charge is 2.17. The molecule has 1 aliphatic rings. The molecule has 0 spiro atoms. The third kappa shape index (κ3) is 3.64. The van der Waals surface area contributed by atoms with Gasteiger partial charge >= 0.3 is 6.03 Å². The van der Waals surface area contributed by atoms with Gasteiger partial charge in [0.2, 0.25) is 0 Å². The van der Waals surface area contributed by atoms with E-state index in [2.05, 4.69) is 10.3 Å². The van der Waals surface area contributed by atoms with Crippen molar-refractivity contribution in [3.8, 4) is 0 Å². The van der Waals surface area contributed by atoms with Gasteiger partial charge in [0.25, 0.3) is 0 Å². The van der Waals surface area contributed by atoms with E-state index in [4.69, 9.17) is 11.5 Å². The largest absolute Gasteiger partial charge is 0.387 e. The van der Waals surface area contributed by atoms with E-state index in [1.165, 1.54) is 12.8 Å². The average Bonchev–Trinajstić information content (AvgIpc) is 2.64. The normalized spacial score (nSPS) is 18.4. The van der Waals surface area contributed by atoms with Gasteiger partial charge in [-0.1, -0.05) is 12.8 Å². The first-order valence-electron chi connectivity index (χ1n) is 5.03. The number of hydrogen-bond acceptors (Lipinski definition) is 2. The van der Waals surface area contributed by atoms with Crippen LogP contribution in [0.5, 0.6) is 0 Å². The molecular formula is C9H18N4O. The van der Waals surface area contributed by atoms with Crippen molar-refractivity contribution >= 4 is 11.9 Å². The molecule has 0 radical (unpaired) electrons. The third-order valence-electron chi connectivity index (χ3n) is 2.48. The molecule has 1 fully saturated rings. The van der Waals surface area contributed by atoms with Crippen molar-refractivity contribution < 1.29 is 4.79 Å². The third-order valence-corrected chi connectivity index (χ3v) is 2.48. The van der Waals surface area contributed by atoms with Crippen LogP contribution in [0.1, 0.15) is 25.7 Å². The van der Waals surface area contributed by atoms with Crippen LogP contribution in [-0.4, -0.2) is 25.0 Å². The first kappa shape index (κ1) is 10.8. The van der Waals surface area contributed by atoms with E-state index >= 15 is 0 Å². The first-order valence-corrected chi connectivity index (χ1v) is 5.03. The second kappa shape index (κ2) is 5.47. The van der Waals surface area contributed by atoms with Crippen molar-refractivity contribution in [2.75, 3.05) is 13.1 Å². The maximum absolute atomic E-state index is 10.3. The van der Waals surface area contributed by atoms with Crippen molar-refractivity contribution in [1.82, 2.24) is 5.32 Å². The van der Waals surface area contributed by atoms with Gasteiger partial charge in [-0.2, -0.15) is 0 Å². The molecule has 0 atom stereocenters. The Morgan fingerprint density at radius 1 is 1.36 bits per heavy atom. The number of nitrogens with two attached hydrogens (primary N) is 2. The van der Waals surface area contributed by atoms with E-state index < -0.39 is 6.03 Å². The van der Waals surface area contributed by atoms with Gasteiger partial charge in [0.1, 0.15) is 0 Å². The molecule has 0 saturated heterocycles. The van der Waals surface area contributed by atoms with E-state index in [0.717, 1.165) is 18.7 Å². The van der Waals surface area contributed by atoms with Crippen LogP contribution in [0.2, 0.25) is 0 Å². The summed E-state index contributed by atoms with van der Waals surface area (Å²) >= 11 is 0. The zero-order valence-corrected chi connectivity index (χ0v) is 8.33.